The molecule has 1 rings (SSSR count). The highest BCUT2D eigenvalue weighted by atomic mass is 19.1. The molecule has 2 nitrogen and oxygen atoms in total. The fourth-order valence-corrected chi connectivity index (χ4v) is 2.11. The van der Waals surface area contributed by atoms with Gasteiger partial charge in [-0.2, -0.15) is 0 Å². The molecule has 0 aliphatic carbocycles. The summed E-state index contributed by atoms with van der Waals surface area (Å²) in [5, 5.41) is 3.08. The van der Waals surface area contributed by atoms with Crippen LogP contribution in [0.3, 0.4) is 0 Å². The predicted octanol–water partition coefficient (Wildman–Crippen LogP) is 3.83. The van der Waals surface area contributed by atoms with Gasteiger partial charge in [0.05, 0.1) is 0 Å². The van der Waals surface area contributed by atoms with E-state index >= 15 is 0 Å². The maximum atomic E-state index is 13.2. The Labute approximate surface area is 109 Å². The van der Waals surface area contributed by atoms with Crippen LogP contribution in [0, 0.1) is 12.7 Å². The Hall–Kier alpha value is -1.38. The smallest absolute Gasteiger partial charge is 0.251 e. The standard InChI is InChI=1S/C15H22FNO/c1-5-15(6-2,7-3)17-14(18)12-8-9-13(16)11(4)10-12/h8-10H,5-7H2,1-4H3,(H,17,18). The van der Waals surface area contributed by atoms with Crippen molar-refractivity contribution in [3.05, 3.63) is 35.1 Å². The van der Waals surface area contributed by atoms with E-state index in [0.717, 1.165) is 19.3 Å². The fourth-order valence-electron chi connectivity index (χ4n) is 2.11. The van der Waals surface area contributed by atoms with E-state index in [1.807, 2.05) is 0 Å². The first kappa shape index (κ1) is 14.7. The van der Waals surface area contributed by atoms with E-state index in [4.69, 9.17) is 0 Å². The molecule has 0 aromatic heterocycles. The van der Waals surface area contributed by atoms with E-state index in [0.29, 0.717) is 11.1 Å². The first-order valence-corrected chi connectivity index (χ1v) is 6.56. The van der Waals surface area contributed by atoms with Gasteiger partial charge in [0.25, 0.3) is 5.91 Å². The molecule has 3 heteroatoms. The van der Waals surface area contributed by atoms with Crippen molar-refractivity contribution in [2.45, 2.75) is 52.5 Å². The number of carbonyl (C=O) groups is 1. The van der Waals surface area contributed by atoms with Crippen molar-refractivity contribution in [2.24, 2.45) is 0 Å². The monoisotopic (exact) mass is 251 g/mol. The van der Waals surface area contributed by atoms with Gasteiger partial charge in [-0.05, 0) is 49.9 Å². The number of carbonyl (C=O) groups excluding carboxylic acids is 1. The lowest BCUT2D eigenvalue weighted by molar-refractivity contribution is 0.0888. The van der Waals surface area contributed by atoms with Crippen LogP contribution in [0.2, 0.25) is 0 Å². The van der Waals surface area contributed by atoms with Gasteiger partial charge >= 0.3 is 0 Å². The maximum Gasteiger partial charge on any atom is 0.251 e. The van der Waals surface area contributed by atoms with E-state index in [-0.39, 0.29) is 17.3 Å². The predicted molar refractivity (Wildman–Crippen MR) is 72.2 cm³/mol. The van der Waals surface area contributed by atoms with E-state index < -0.39 is 0 Å². The molecule has 0 atom stereocenters. The average Bonchev–Trinajstić information content (AvgIpc) is 2.39. The number of hydrogen-bond donors (Lipinski definition) is 1. The van der Waals surface area contributed by atoms with Crippen molar-refractivity contribution >= 4 is 5.91 Å². The largest absolute Gasteiger partial charge is 0.347 e. The summed E-state index contributed by atoms with van der Waals surface area (Å²) in [4.78, 5) is 12.2. The van der Waals surface area contributed by atoms with E-state index in [1.165, 1.54) is 12.1 Å². The molecule has 0 saturated heterocycles. The first-order chi connectivity index (χ1) is 8.48. The summed E-state index contributed by atoms with van der Waals surface area (Å²) in [6, 6.07) is 4.47. The lowest BCUT2D eigenvalue weighted by atomic mass is 9.89. The lowest BCUT2D eigenvalue weighted by Gasteiger charge is -2.31. The molecule has 100 valence electrons. The number of rotatable bonds is 5. The Morgan fingerprint density at radius 1 is 1.22 bits per heavy atom. The topological polar surface area (TPSA) is 29.1 Å². The van der Waals surface area contributed by atoms with E-state index in [1.54, 1.807) is 13.0 Å². The molecule has 0 saturated carbocycles. The normalized spacial score (nSPS) is 11.4. The van der Waals surface area contributed by atoms with Crippen molar-refractivity contribution in [1.82, 2.24) is 5.32 Å². The molecule has 18 heavy (non-hydrogen) atoms. The highest BCUT2D eigenvalue weighted by Crippen LogP contribution is 2.20. The van der Waals surface area contributed by atoms with Crippen LogP contribution in [0.1, 0.15) is 56.0 Å². The molecule has 0 fully saturated rings. The molecule has 0 bridgehead atoms. The van der Waals surface area contributed by atoms with E-state index in [9.17, 15) is 9.18 Å². The van der Waals surface area contributed by atoms with Crippen molar-refractivity contribution in [2.75, 3.05) is 0 Å². The molecule has 0 radical (unpaired) electrons. The van der Waals surface area contributed by atoms with Gasteiger partial charge in [-0.1, -0.05) is 20.8 Å². The molecule has 0 aliphatic rings. The summed E-state index contributed by atoms with van der Waals surface area (Å²) < 4.78 is 13.2. The average molecular weight is 251 g/mol. The molecule has 1 N–H and O–H groups in total. The second kappa shape index (κ2) is 5.98. The zero-order valence-corrected chi connectivity index (χ0v) is 11.6. The number of hydrogen-bond acceptors (Lipinski definition) is 1. The third kappa shape index (κ3) is 3.09. The van der Waals surface area contributed by atoms with Crippen LogP contribution in [0.15, 0.2) is 18.2 Å². The van der Waals surface area contributed by atoms with Crippen molar-refractivity contribution in [3.8, 4) is 0 Å². The molecular formula is C15H22FNO. The summed E-state index contributed by atoms with van der Waals surface area (Å²) in [5.74, 6) is -0.400. The number of nitrogens with one attached hydrogen (secondary N) is 1. The fraction of sp³-hybridized carbons (Fsp3) is 0.533. The maximum absolute atomic E-state index is 13.2. The summed E-state index contributed by atoms with van der Waals surface area (Å²) in [6.07, 6.45) is 2.68. The van der Waals surface area contributed by atoms with Gasteiger partial charge in [0.1, 0.15) is 5.82 Å². The van der Waals surface area contributed by atoms with Gasteiger partial charge in [0, 0.05) is 11.1 Å². The second-order valence-electron chi connectivity index (χ2n) is 4.76. The highest BCUT2D eigenvalue weighted by Gasteiger charge is 2.26. The summed E-state index contributed by atoms with van der Waals surface area (Å²) in [5.41, 5.74) is 0.866. The highest BCUT2D eigenvalue weighted by molar-refractivity contribution is 5.94. The van der Waals surface area contributed by atoms with Gasteiger partial charge in [0.15, 0.2) is 0 Å². The Balaban J connectivity index is 2.90. The Morgan fingerprint density at radius 3 is 2.22 bits per heavy atom. The van der Waals surface area contributed by atoms with Gasteiger partial charge in [-0.3, -0.25) is 4.79 Å². The zero-order valence-electron chi connectivity index (χ0n) is 11.6. The van der Waals surface area contributed by atoms with E-state index in [2.05, 4.69) is 26.1 Å². The number of aryl methyl sites for hydroxylation is 1. The Morgan fingerprint density at radius 2 is 1.78 bits per heavy atom. The SMILES string of the molecule is CCC(CC)(CC)NC(=O)c1ccc(F)c(C)c1. The molecule has 0 aliphatic heterocycles. The molecule has 1 aromatic carbocycles. The van der Waals surface area contributed by atoms with Crippen LogP contribution in [0.5, 0.6) is 0 Å². The van der Waals surface area contributed by atoms with Crippen molar-refractivity contribution in [3.63, 3.8) is 0 Å². The minimum atomic E-state index is -0.278. The Bertz CT molecular complexity index is 416. The summed E-state index contributed by atoms with van der Waals surface area (Å²) in [6.45, 7) is 7.88. The van der Waals surface area contributed by atoms with Gasteiger partial charge < -0.3 is 5.32 Å². The minimum absolute atomic E-state index is 0.122. The minimum Gasteiger partial charge on any atom is -0.347 e. The molecule has 0 spiro atoms. The van der Waals surface area contributed by atoms with Gasteiger partial charge in [0.2, 0.25) is 0 Å². The first-order valence-electron chi connectivity index (χ1n) is 6.56. The number of amides is 1. The van der Waals surface area contributed by atoms with Crippen molar-refractivity contribution in [1.29, 1.82) is 0 Å². The molecule has 1 amide bonds. The zero-order chi connectivity index (χ0) is 13.8. The third-order valence-electron chi connectivity index (χ3n) is 3.83. The summed E-state index contributed by atoms with van der Waals surface area (Å²) >= 11 is 0. The molecule has 1 aromatic rings. The third-order valence-corrected chi connectivity index (χ3v) is 3.83. The summed E-state index contributed by atoms with van der Waals surface area (Å²) in [7, 11) is 0. The van der Waals surface area contributed by atoms with Crippen LogP contribution in [0.4, 0.5) is 4.39 Å². The van der Waals surface area contributed by atoms with Crippen LogP contribution < -0.4 is 5.32 Å². The molecular weight excluding hydrogens is 229 g/mol. The number of benzene rings is 1. The number of halogens is 1. The quantitative estimate of drug-likeness (QED) is 0.846. The molecule has 0 heterocycles. The van der Waals surface area contributed by atoms with Crippen molar-refractivity contribution < 1.29 is 9.18 Å². The molecule has 0 unspecified atom stereocenters. The van der Waals surface area contributed by atoms with Crippen LogP contribution in [-0.4, -0.2) is 11.4 Å². The van der Waals surface area contributed by atoms with Crippen LogP contribution in [-0.2, 0) is 0 Å². The van der Waals surface area contributed by atoms with Crippen LogP contribution in [0.25, 0.3) is 0 Å². The second-order valence-corrected chi connectivity index (χ2v) is 4.76. The van der Waals surface area contributed by atoms with Gasteiger partial charge in [-0.25, -0.2) is 4.39 Å². The van der Waals surface area contributed by atoms with Gasteiger partial charge in [-0.15, -0.1) is 0 Å². The van der Waals surface area contributed by atoms with Crippen LogP contribution >= 0.6 is 0 Å². The lowest BCUT2D eigenvalue weighted by Crippen LogP contribution is -2.47. The Kier molecular flexibility index (Phi) is 4.88.